The van der Waals surface area contributed by atoms with Gasteiger partial charge in [0.1, 0.15) is 11.5 Å². The Morgan fingerprint density at radius 3 is 2.61 bits per heavy atom. The molecular weight excluding hydrogens is 394 g/mol. The van der Waals surface area contributed by atoms with Gasteiger partial charge in [-0.05, 0) is 69.6 Å². The molecule has 0 aliphatic heterocycles. The number of aromatic nitrogens is 1. The van der Waals surface area contributed by atoms with Gasteiger partial charge in [0.2, 0.25) is 5.89 Å². The molecule has 1 aliphatic rings. The van der Waals surface area contributed by atoms with Crippen LogP contribution in [0.15, 0.2) is 28.7 Å². The molecule has 0 amide bonds. The minimum absolute atomic E-state index is 0.125. The summed E-state index contributed by atoms with van der Waals surface area (Å²) < 4.78 is 17.7. The van der Waals surface area contributed by atoms with E-state index in [4.69, 9.17) is 13.9 Å². The van der Waals surface area contributed by atoms with Gasteiger partial charge >= 0.3 is 5.97 Å². The summed E-state index contributed by atoms with van der Waals surface area (Å²) in [6, 6.07) is 8.34. The van der Waals surface area contributed by atoms with E-state index in [-0.39, 0.29) is 6.10 Å². The molecular formula is C25H35NO5. The molecule has 6 heteroatoms. The normalized spacial score (nSPS) is 19.7. The predicted octanol–water partition coefficient (Wildman–Crippen LogP) is 5.73. The number of nitrogens with zero attached hydrogens (tertiary/aromatic N) is 1. The Morgan fingerprint density at radius 1 is 1.26 bits per heavy atom. The number of hydrogen-bond donors (Lipinski definition) is 1. The number of carboxylic acids is 1. The van der Waals surface area contributed by atoms with Crippen LogP contribution in [0.2, 0.25) is 0 Å². The molecule has 1 aromatic carbocycles. The van der Waals surface area contributed by atoms with E-state index in [0.29, 0.717) is 30.9 Å². The van der Waals surface area contributed by atoms with Gasteiger partial charge in [0.15, 0.2) is 5.60 Å². The first-order chi connectivity index (χ1) is 14.7. The highest BCUT2D eigenvalue weighted by molar-refractivity contribution is 5.76. The minimum Gasteiger partial charge on any atom is -0.479 e. The molecule has 170 valence electrons. The number of aryl methyl sites for hydroxylation is 1. The molecule has 2 aromatic rings. The van der Waals surface area contributed by atoms with Crippen molar-refractivity contribution in [2.75, 3.05) is 6.61 Å². The van der Waals surface area contributed by atoms with Crippen LogP contribution in [0.5, 0.6) is 0 Å². The van der Waals surface area contributed by atoms with Crippen molar-refractivity contribution in [2.45, 2.75) is 84.5 Å². The second-order valence-electron chi connectivity index (χ2n) is 9.39. The van der Waals surface area contributed by atoms with Gasteiger partial charge in [-0.15, -0.1) is 0 Å². The van der Waals surface area contributed by atoms with Gasteiger partial charge in [-0.3, -0.25) is 0 Å². The van der Waals surface area contributed by atoms with Gasteiger partial charge < -0.3 is 19.0 Å². The molecule has 0 radical (unpaired) electrons. The highest BCUT2D eigenvalue weighted by Crippen LogP contribution is 2.30. The van der Waals surface area contributed by atoms with Crippen LogP contribution >= 0.6 is 0 Å². The molecule has 31 heavy (non-hydrogen) atoms. The van der Waals surface area contributed by atoms with Gasteiger partial charge in [-0.1, -0.05) is 32.4 Å². The number of aliphatic carboxylic acids is 1. The highest BCUT2D eigenvalue weighted by atomic mass is 16.5. The maximum atomic E-state index is 11.2. The molecule has 1 aliphatic carbocycles. The Kier molecular flexibility index (Phi) is 7.55. The van der Waals surface area contributed by atoms with Crippen molar-refractivity contribution in [1.29, 1.82) is 0 Å². The van der Waals surface area contributed by atoms with E-state index in [9.17, 15) is 9.90 Å². The third-order valence-electron chi connectivity index (χ3n) is 6.10. The number of oxazole rings is 1. The number of carbonyl (C=O) groups is 1. The van der Waals surface area contributed by atoms with E-state index < -0.39 is 11.6 Å². The second kappa shape index (κ2) is 9.96. The minimum atomic E-state index is -1.16. The summed E-state index contributed by atoms with van der Waals surface area (Å²) >= 11 is 0. The molecule has 1 saturated carbocycles. The molecule has 1 aromatic heterocycles. The van der Waals surface area contributed by atoms with Crippen LogP contribution in [0.25, 0.3) is 11.5 Å². The molecule has 1 fully saturated rings. The summed E-state index contributed by atoms with van der Waals surface area (Å²) in [4.78, 5) is 15.9. The molecule has 2 atom stereocenters. The molecule has 1 heterocycles. The first-order valence-corrected chi connectivity index (χ1v) is 11.2. The summed E-state index contributed by atoms with van der Waals surface area (Å²) in [5, 5.41) is 9.22. The lowest BCUT2D eigenvalue weighted by Crippen LogP contribution is -2.37. The Bertz CT molecular complexity index is 869. The number of ether oxygens (including phenoxy) is 2. The Labute approximate surface area is 185 Å². The fourth-order valence-electron chi connectivity index (χ4n) is 3.83. The maximum absolute atomic E-state index is 11.2. The number of benzene rings is 1. The van der Waals surface area contributed by atoms with Crippen LogP contribution < -0.4 is 0 Å². The van der Waals surface area contributed by atoms with Crippen LogP contribution in [0.3, 0.4) is 0 Å². The van der Waals surface area contributed by atoms with E-state index in [0.717, 1.165) is 42.7 Å². The van der Waals surface area contributed by atoms with Gasteiger partial charge in [-0.2, -0.15) is 0 Å². The summed E-state index contributed by atoms with van der Waals surface area (Å²) in [7, 11) is 0. The molecule has 3 rings (SSSR count). The Balaban J connectivity index is 1.54. The monoisotopic (exact) mass is 429 g/mol. The van der Waals surface area contributed by atoms with Crippen LogP contribution in [0, 0.1) is 12.8 Å². The summed E-state index contributed by atoms with van der Waals surface area (Å²) in [6.45, 7) is 10.3. The number of rotatable bonds is 9. The molecule has 0 spiro atoms. The fraction of sp³-hybridized carbons (Fsp3) is 0.600. The second-order valence-corrected chi connectivity index (χ2v) is 9.39. The summed E-state index contributed by atoms with van der Waals surface area (Å²) in [5.74, 6) is 1.27. The van der Waals surface area contributed by atoms with Gasteiger partial charge in [-0.25, -0.2) is 9.78 Å². The lowest BCUT2D eigenvalue weighted by Gasteiger charge is -2.31. The number of carboxylic acid groups (broad SMARTS) is 1. The maximum Gasteiger partial charge on any atom is 0.335 e. The van der Waals surface area contributed by atoms with Crippen LogP contribution in [0.4, 0.5) is 0 Å². The van der Waals surface area contributed by atoms with Crippen molar-refractivity contribution in [3.05, 3.63) is 41.3 Å². The van der Waals surface area contributed by atoms with Crippen molar-refractivity contribution in [2.24, 2.45) is 5.92 Å². The fourth-order valence-corrected chi connectivity index (χ4v) is 3.83. The summed E-state index contributed by atoms with van der Waals surface area (Å²) in [5.41, 5.74) is 1.93. The molecule has 2 unspecified atom stereocenters. The Morgan fingerprint density at radius 2 is 1.97 bits per heavy atom. The first-order valence-electron chi connectivity index (χ1n) is 11.2. The van der Waals surface area contributed by atoms with Crippen molar-refractivity contribution >= 4 is 5.97 Å². The third-order valence-corrected chi connectivity index (χ3v) is 6.10. The van der Waals surface area contributed by atoms with E-state index in [2.05, 4.69) is 43.1 Å². The van der Waals surface area contributed by atoms with Gasteiger partial charge in [0.05, 0.1) is 19.3 Å². The lowest BCUT2D eigenvalue weighted by molar-refractivity contribution is -0.163. The van der Waals surface area contributed by atoms with Crippen LogP contribution in [-0.4, -0.2) is 34.4 Å². The van der Waals surface area contributed by atoms with E-state index in [1.165, 1.54) is 5.56 Å². The zero-order valence-corrected chi connectivity index (χ0v) is 19.3. The van der Waals surface area contributed by atoms with Crippen molar-refractivity contribution in [3.63, 3.8) is 0 Å². The zero-order chi connectivity index (χ0) is 22.6. The molecule has 1 N–H and O–H groups in total. The Hall–Kier alpha value is -2.18. The average Bonchev–Trinajstić information content (AvgIpc) is 3.11. The lowest BCUT2D eigenvalue weighted by atomic mass is 9.87. The SMILES string of the molecule is Cc1oc(-c2ccc(C(C)C)cc2)nc1COC1CCCC(COC(C)(C)C(=O)O)C1. The first kappa shape index (κ1) is 23.5. The highest BCUT2D eigenvalue weighted by Gasteiger charge is 2.31. The average molecular weight is 430 g/mol. The predicted molar refractivity (Wildman–Crippen MR) is 119 cm³/mol. The van der Waals surface area contributed by atoms with E-state index >= 15 is 0 Å². The van der Waals surface area contributed by atoms with Crippen molar-refractivity contribution in [1.82, 2.24) is 4.98 Å². The topological polar surface area (TPSA) is 81.8 Å². The number of hydrogen-bond acceptors (Lipinski definition) is 5. The molecule has 6 nitrogen and oxygen atoms in total. The third kappa shape index (κ3) is 6.17. The van der Waals surface area contributed by atoms with Gasteiger partial charge in [0, 0.05) is 5.56 Å². The molecule has 0 saturated heterocycles. The zero-order valence-electron chi connectivity index (χ0n) is 19.3. The standard InChI is InChI=1S/C25H35NO5/c1-16(2)19-9-11-20(12-10-19)23-26-22(17(3)31-23)15-29-21-8-6-7-18(13-21)14-30-25(4,5)24(27)28/h9-12,16,18,21H,6-8,13-15H2,1-5H3,(H,27,28). The van der Waals surface area contributed by atoms with E-state index in [1.54, 1.807) is 13.8 Å². The van der Waals surface area contributed by atoms with Crippen molar-refractivity contribution < 1.29 is 23.8 Å². The van der Waals surface area contributed by atoms with Gasteiger partial charge in [0.25, 0.3) is 0 Å². The van der Waals surface area contributed by atoms with Crippen molar-refractivity contribution in [3.8, 4) is 11.5 Å². The van der Waals surface area contributed by atoms with E-state index in [1.807, 2.05) is 6.92 Å². The largest absolute Gasteiger partial charge is 0.479 e. The van der Waals surface area contributed by atoms with Crippen LogP contribution in [0.1, 0.15) is 76.3 Å². The summed E-state index contributed by atoms with van der Waals surface area (Å²) in [6.07, 6.45) is 4.09. The quantitative estimate of drug-likeness (QED) is 0.548. The molecule has 0 bridgehead atoms. The smallest absolute Gasteiger partial charge is 0.335 e. The van der Waals surface area contributed by atoms with Crippen LogP contribution in [-0.2, 0) is 20.9 Å².